The number of methoxy groups -OCH3 is 1. The zero-order chi connectivity index (χ0) is 21.8. The van der Waals surface area contributed by atoms with Gasteiger partial charge in [-0.15, -0.1) is 0 Å². The van der Waals surface area contributed by atoms with E-state index in [1.165, 1.54) is 4.31 Å². The minimum Gasteiger partial charge on any atom is -0.497 e. The van der Waals surface area contributed by atoms with Gasteiger partial charge in [-0.3, -0.25) is 9.10 Å². The first kappa shape index (κ1) is 22.7. The minimum absolute atomic E-state index is 0.275. The van der Waals surface area contributed by atoms with Gasteiger partial charge in [-0.05, 0) is 62.1 Å². The summed E-state index contributed by atoms with van der Waals surface area (Å²) in [4.78, 5) is 13.1. The molecule has 0 heterocycles. The maximum absolute atomic E-state index is 13.1. The quantitative estimate of drug-likeness (QED) is 0.709. The molecule has 2 aromatic rings. The molecule has 1 N–H and O–H groups in total. The number of benzene rings is 2. The summed E-state index contributed by atoms with van der Waals surface area (Å²) in [6.07, 6.45) is 1.49. The van der Waals surface area contributed by atoms with Gasteiger partial charge in [-0.1, -0.05) is 31.2 Å². The summed E-state index contributed by atoms with van der Waals surface area (Å²) in [5.41, 5.74) is 3.18. The number of amides is 1. The van der Waals surface area contributed by atoms with Gasteiger partial charge in [0.25, 0.3) is 0 Å². The smallest absolute Gasteiger partial charge is 0.244 e. The van der Waals surface area contributed by atoms with Crippen molar-refractivity contribution in [3.05, 3.63) is 59.2 Å². The molecule has 158 valence electrons. The zero-order valence-corrected chi connectivity index (χ0v) is 18.7. The molecule has 29 heavy (non-hydrogen) atoms. The lowest BCUT2D eigenvalue weighted by Crippen LogP contribution is -2.50. The molecule has 0 unspecified atom stereocenters. The number of aryl methyl sites for hydroxylation is 2. The standard InChI is InChI=1S/C22H30N2O4S/c1-7-20(22(25)23-17(4)18-10-12-19(28-5)13-11-18)24(29(6,26)27)21-14-15(2)8-9-16(21)3/h8-14,17,20H,7H2,1-6H3,(H,23,25)/t17-,20-/m1/s1. The van der Waals surface area contributed by atoms with Crippen molar-refractivity contribution in [1.29, 1.82) is 0 Å². The van der Waals surface area contributed by atoms with Crippen LogP contribution in [0.2, 0.25) is 0 Å². The van der Waals surface area contributed by atoms with Gasteiger partial charge >= 0.3 is 0 Å². The fourth-order valence-electron chi connectivity index (χ4n) is 3.28. The molecule has 0 aliphatic heterocycles. The number of nitrogens with one attached hydrogen (secondary N) is 1. The third-order valence-electron chi connectivity index (χ3n) is 4.91. The highest BCUT2D eigenvalue weighted by Crippen LogP contribution is 2.28. The molecule has 0 saturated heterocycles. The Morgan fingerprint density at radius 2 is 1.76 bits per heavy atom. The second-order valence-corrected chi connectivity index (χ2v) is 9.14. The van der Waals surface area contributed by atoms with Crippen LogP contribution in [0.3, 0.4) is 0 Å². The zero-order valence-electron chi connectivity index (χ0n) is 17.9. The fourth-order valence-corrected chi connectivity index (χ4v) is 4.54. The number of carbonyl (C=O) groups is 1. The Morgan fingerprint density at radius 3 is 2.28 bits per heavy atom. The largest absolute Gasteiger partial charge is 0.497 e. The van der Waals surface area contributed by atoms with Gasteiger partial charge in [0.15, 0.2) is 0 Å². The molecule has 0 aromatic heterocycles. The minimum atomic E-state index is -3.67. The van der Waals surface area contributed by atoms with E-state index in [1.807, 2.05) is 64.1 Å². The Morgan fingerprint density at radius 1 is 1.14 bits per heavy atom. The van der Waals surface area contributed by atoms with Crippen molar-refractivity contribution in [3.8, 4) is 5.75 Å². The van der Waals surface area contributed by atoms with Crippen molar-refractivity contribution in [2.24, 2.45) is 0 Å². The number of hydrogen-bond acceptors (Lipinski definition) is 4. The number of sulfonamides is 1. The van der Waals surface area contributed by atoms with E-state index in [0.717, 1.165) is 28.7 Å². The predicted molar refractivity (Wildman–Crippen MR) is 117 cm³/mol. The monoisotopic (exact) mass is 418 g/mol. The van der Waals surface area contributed by atoms with Crippen LogP contribution in [-0.4, -0.2) is 33.7 Å². The van der Waals surface area contributed by atoms with Crippen molar-refractivity contribution in [1.82, 2.24) is 5.32 Å². The lowest BCUT2D eigenvalue weighted by Gasteiger charge is -2.32. The maximum Gasteiger partial charge on any atom is 0.244 e. The average Bonchev–Trinajstić information content (AvgIpc) is 2.67. The highest BCUT2D eigenvalue weighted by atomic mass is 32.2. The predicted octanol–water partition coefficient (Wildman–Crippen LogP) is 3.73. The third-order valence-corrected chi connectivity index (χ3v) is 6.07. The number of carbonyl (C=O) groups excluding carboxylic acids is 1. The first-order valence-corrected chi connectivity index (χ1v) is 11.4. The lowest BCUT2D eigenvalue weighted by atomic mass is 10.1. The van der Waals surface area contributed by atoms with Gasteiger partial charge in [0.1, 0.15) is 11.8 Å². The van der Waals surface area contributed by atoms with Crippen LogP contribution in [0.1, 0.15) is 43.0 Å². The normalized spacial score (nSPS) is 13.4. The molecule has 7 heteroatoms. The van der Waals surface area contributed by atoms with Crippen molar-refractivity contribution in [2.45, 2.75) is 46.2 Å². The van der Waals surface area contributed by atoms with Crippen molar-refractivity contribution in [2.75, 3.05) is 17.7 Å². The molecule has 0 bridgehead atoms. The lowest BCUT2D eigenvalue weighted by molar-refractivity contribution is -0.122. The molecule has 2 rings (SSSR count). The summed E-state index contributed by atoms with van der Waals surface area (Å²) < 4.78 is 31.7. The van der Waals surface area contributed by atoms with E-state index in [4.69, 9.17) is 4.74 Å². The Balaban J connectivity index is 2.34. The molecule has 0 aliphatic carbocycles. The number of nitrogens with zero attached hydrogens (tertiary/aromatic N) is 1. The van der Waals surface area contributed by atoms with Crippen LogP contribution in [0.15, 0.2) is 42.5 Å². The number of ether oxygens (including phenoxy) is 1. The summed E-state index contributed by atoms with van der Waals surface area (Å²) in [6, 6.07) is 11.9. The van der Waals surface area contributed by atoms with Crippen LogP contribution in [0.4, 0.5) is 5.69 Å². The van der Waals surface area contributed by atoms with Crippen LogP contribution in [0.5, 0.6) is 5.75 Å². The second kappa shape index (κ2) is 9.31. The molecule has 0 fully saturated rings. The number of anilines is 1. The van der Waals surface area contributed by atoms with Crippen LogP contribution in [0, 0.1) is 13.8 Å². The van der Waals surface area contributed by atoms with E-state index in [-0.39, 0.29) is 11.9 Å². The Bertz CT molecular complexity index is 955. The SMILES string of the molecule is CC[C@H](C(=O)N[C@H](C)c1ccc(OC)cc1)N(c1cc(C)ccc1C)S(C)(=O)=O. The molecule has 0 saturated carbocycles. The Hall–Kier alpha value is -2.54. The first-order chi connectivity index (χ1) is 13.6. The Kier molecular flexibility index (Phi) is 7.30. The van der Waals surface area contributed by atoms with E-state index in [9.17, 15) is 13.2 Å². The van der Waals surface area contributed by atoms with E-state index in [0.29, 0.717) is 12.1 Å². The first-order valence-electron chi connectivity index (χ1n) is 9.59. The molecule has 6 nitrogen and oxygen atoms in total. The van der Waals surface area contributed by atoms with E-state index < -0.39 is 16.1 Å². The van der Waals surface area contributed by atoms with Gasteiger partial charge in [-0.25, -0.2) is 8.42 Å². The molecule has 0 aliphatic rings. The van der Waals surface area contributed by atoms with Crippen LogP contribution in [-0.2, 0) is 14.8 Å². The van der Waals surface area contributed by atoms with E-state index in [2.05, 4.69) is 5.32 Å². The molecule has 1 amide bonds. The third kappa shape index (κ3) is 5.50. The highest BCUT2D eigenvalue weighted by Gasteiger charge is 2.33. The molecule has 0 spiro atoms. The van der Waals surface area contributed by atoms with Crippen molar-refractivity contribution in [3.63, 3.8) is 0 Å². The Labute approximate surface area is 173 Å². The van der Waals surface area contributed by atoms with Gasteiger partial charge in [0.2, 0.25) is 15.9 Å². The van der Waals surface area contributed by atoms with Gasteiger partial charge < -0.3 is 10.1 Å². The second-order valence-electron chi connectivity index (χ2n) is 7.28. The van der Waals surface area contributed by atoms with Crippen LogP contribution < -0.4 is 14.4 Å². The fraction of sp³-hybridized carbons (Fsp3) is 0.409. The van der Waals surface area contributed by atoms with E-state index >= 15 is 0 Å². The summed E-state index contributed by atoms with van der Waals surface area (Å²) >= 11 is 0. The van der Waals surface area contributed by atoms with Crippen molar-refractivity contribution < 1.29 is 17.9 Å². The number of hydrogen-bond donors (Lipinski definition) is 1. The van der Waals surface area contributed by atoms with Crippen LogP contribution in [0.25, 0.3) is 0 Å². The van der Waals surface area contributed by atoms with E-state index in [1.54, 1.807) is 13.2 Å². The maximum atomic E-state index is 13.1. The topological polar surface area (TPSA) is 75.7 Å². The van der Waals surface area contributed by atoms with Gasteiger partial charge in [-0.2, -0.15) is 0 Å². The molecule has 2 aromatic carbocycles. The highest BCUT2D eigenvalue weighted by molar-refractivity contribution is 7.92. The summed E-state index contributed by atoms with van der Waals surface area (Å²) in [6.45, 7) is 7.43. The summed E-state index contributed by atoms with van der Waals surface area (Å²) in [5, 5.41) is 2.96. The number of rotatable bonds is 8. The average molecular weight is 419 g/mol. The van der Waals surface area contributed by atoms with Crippen LogP contribution >= 0.6 is 0 Å². The molecular weight excluding hydrogens is 388 g/mol. The summed E-state index contributed by atoms with van der Waals surface area (Å²) in [5.74, 6) is 0.402. The molecule has 0 radical (unpaired) electrons. The summed E-state index contributed by atoms with van der Waals surface area (Å²) in [7, 11) is -2.07. The van der Waals surface area contributed by atoms with Gasteiger partial charge in [0.05, 0.1) is 25.1 Å². The van der Waals surface area contributed by atoms with Gasteiger partial charge in [0, 0.05) is 0 Å². The van der Waals surface area contributed by atoms with Crippen molar-refractivity contribution >= 4 is 21.6 Å². The molecular formula is C22H30N2O4S. The molecule has 2 atom stereocenters.